The van der Waals surface area contributed by atoms with E-state index < -0.39 is 23.1 Å². The van der Waals surface area contributed by atoms with Crippen LogP contribution in [-0.2, 0) is 9.59 Å². The van der Waals surface area contributed by atoms with Gasteiger partial charge in [0.15, 0.2) is 5.54 Å². The van der Waals surface area contributed by atoms with Crippen molar-refractivity contribution in [3.63, 3.8) is 0 Å². The number of hydrogen-bond donors (Lipinski definition) is 1. The van der Waals surface area contributed by atoms with E-state index in [9.17, 15) is 18.4 Å². The highest BCUT2D eigenvalue weighted by molar-refractivity contribution is 6.19. The highest BCUT2D eigenvalue weighted by atomic mass is 19.1. The molecule has 0 saturated carbocycles. The summed E-state index contributed by atoms with van der Waals surface area (Å²) in [6, 6.07) is 18.2. The number of fused-ring (bicyclic) bond motifs is 1. The number of rotatable bonds is 4. The first-order valence-electron chi connectivity index (χ1n) is 10.1. The molecule has 2 heterocycles. The number of nitrogens with one attached hydrogen (secondary N) is 1. The summed E-state index contributed by atoms with van der Waals surface area (Å²) >= 11 is 0. The Morgan fingerprint density at radius 2 is 1.59 bits per heavy atom. The lowest BCUT2D eigenvalue weighted by Gasteiger charge is -2.52. The number of ether oxygens (including phenoxy) is 1. The summed E-state index contributed by atoms with van der Waals surface area (Å²) in [7, 11) is 0. The molecule has 7 heteroatoms. The quantitative estimate of drug-likeness (QED) is 0.615. The molecular formula is C25H18F2N2O3. The van der Waals surface area contributed by atoms with E-state index in [1.807, 2.05) is 30.3 Å². The summed E-state index contributed by atoms with van der Waals surface area (Å²) in [5.41, 5.74) is 0.820. The van der Waals surface area contributed by atoms with Crippen molar-refractivity contribution < 1.29 is 23.1 Å². The first-order valence-corrected chi connectivity index (χ1v) is 10.1. The van der Waals surface area contributed by atoms with Gasteiger partial charge in [0.2, 0.25) is 5.91 Å². The molecule has 0 aromatic heterocycles. The second-order valence-corrected chi connectivity index (χ2v) is 7.70. The zero-order valence-electron chi connectivity index (χ0n) is 16.8. The molecule has 0 aliphatic carbocycles. The molecule has 0 radical (unpaired) electrons. The lowest BCUT2D eigenvalue weighted by molar-refractivity contribution is -0.135. The predicted octanol–water partition coefficient (Wildman–Crippen LogP) is 4.56. The van der Waals surface area contributed by atoms with E-state index in [2.05, 4.69) is 5.32 Å². The van der Waals surface area contributed by atoms with Gasteiger partial charge in [-0.3, -0.25) is 14.5 Å². The molecule has 3 aromatic rings. The van der Waals surface area contributed by atoms with E-state index in [0.717, 1.165) is 5.56 Å². The van der Waals surface area contributed by atoms with Gasteiger partial charge in [-0.1, -0.05) is 18.2 Å². The first kappa shape index (κ1) is 19.9. The minimum Gasteiger partial charge on any atom is -0.489 e. The third-order valence-corrected chi connectivity index (χ3v) is 5.76. The van der Waals surface area contributed by atoms with Gasteiger partial charge in [0.05, 0.1) is 6.42 Å². The average Bonchev–Trinajstić information content (AvgIpc) is 2.80. The molecule has 32 heavy (non-hydrogen) atoms. The second-order valence-electron chi connectivity index (χ2n) is 7.70. The van der Waals surface area contributed by atoms with Crippen molar-refractivity contribution in [1.29, 1.82) is 0 Å². The van der Waals surface area contributed by atoms with Gasteiger partial charge in [-0.25, -0.2) is 8.78 Å². The number of halogens is 2. The summed E-state index contributed by atoms with van der Waals surface area (Å²) < 4.78 is 32.7. The summed E-state index contributed by atoms with van der Waals surface area (Å²) in [6.45, 7) is 0.110. The minimum atomic E-state index is -1.36. The SMILES string of the molecule is O=C1CC(C(=O)Nc2ccc(F)cc2)(C2=Cc3ccccc3OC2)N1c1ccc(F)cc1. The largest absolute Gasteiger partial charge is 0.489 e. The lowest BCUT2D eigenvalue weighted by Crippen LogP contribution is -2.71. The van der Waals surface area contributed by atoms with Crippen LogP contribution >= 0.6 is 0 Å². The fraction of sp³-hybridized carbons (Fsp3) is 0.120. The molecule has 160 valence electrons. The number of hydrogen-bond acceptors (Lipinski definition) is 3. The van der Waals surface area contributed by atoms with Crippen LogP contribution in [0.25, 0.3) is 6.08 Å². The number of nitrogens with zero attached hydrogens (tertiary/aromatic N) is 1. The van der Waals surface area contributed by atoms with Crippen molar-refractivity contribution in [2.45, 2.75) is 12.0 Å². The van der Waals surface area contributed by atoms with E-state index in [0.29, 0.717) is 22.7 Å². The molecule has 3 aromatic carbocycles. The molecule has 1 unspecified atom stereocenters. The maximum Gasteiger partial charge on any atom is 0.255 e. The number of anilines is 2. The fourth-order valence-electron chi connectivity index (χ4n) is 4.16. The zero-order chi connectivity index (χ0) is 22.3. The molecule has 2 aliphatic heterocycles. The molecule has 5 nitrogen and oxygen atoms in total. The normalized spacial score (nSPS) is 19.4. The summed E-state index contributed by atoms with van der Waals surface area (Å²) in [5.74, 6) is -0.918. The molecule has 1 saturated heterocycles. The van der Waals surface area contributed by atoms with Gasteiger partial charge < -0.3 is 10.1 Å². The summed E-state index contributed by atoms with van der Waals surface area (Å²) in [5, 5.41) is 2.79. The zero-order valence-corrected chi connectivity index (χ0v) is 16.8. The second kappa shape index (κ2) is 7.60. The smallest absolute Gasteiger partial charge is 0.255 e. The van der Waals surface area contributed by atoms with Crippen molar-refractivity contribution in [2.75, 3.05) is 16.8 Å². The van der Waals surface area contributed by atoms with E-state index in [-0.39, 0.29) is 18.9 Å². The van der Waals surface area contributed by atoms with Gasteiger partial charge in [-0.2, -0.15) is 0 Å². The maximum absolute atomic E-state index is 13.6. The average molecular weight is 432 g/mol. The van der Waals surface area contributed by atoms with E-state index >= 15 is 0 Å². The molecule has 2 aliphatic rings. The van der Waals surface area contributed by atoms with Gasteiger partial charge in [0.1, 0.15) is 24.0 Å². The standard InChI is InChI=1S/C25H18F2N2O3/c26-18-5-9-20(10-6-18)28-24(31)25(17-13-16-3-1-2-4-22(16)32-15-17)14-23(30)29(25)21-11-7-19(27)8-12-21/h1-13H,14-15H2,(H,28,31). The molecule has 2 amide bonds. The third kappa shape index (κ3) is 3.22. The maximum atomic E-state index is 13.6. The van der Waals surface area contributed by atoms with Crippen LogP contribution in [0.5, 0.6) is 5.75 Å². The third-order valence-electron chi connectivity index (χ3n) is 5.76. The van der Waals surface area contributed by atoms with Crippen molar-refractivity contribution in [1.82, 2.24) is 0 Å². The summed E-state index contributed by atoms with van der Waals surface area (Å²) in [6.07, 6.45) is 1.78. The Hall–Kier alpha value is -4.00. The van der Waals surface area contributed by atoms with Gasteiger partial charge in [-0.15, -0.1) is 0 Å². The van der Waals surface area contributed by atoms with Crippen LogP contribution < -0.4 is 15.0 Å². The van der Waals surface area contributed by atoms with Gasteiger partial charge in [-0.05, 0) is 60.7 Å². The van der Waals surface area contributed by atoms with Crippen LogP contribution in [0.4, 0.5) is 20.2 Å². The monoisotopic (exact) mass is 432 g/mol. The highest BCUT2D eigenvalue weighted by Gasteiger charge is 2.60. The van der Waals surface area contributed by atoms with Crippen LogP contribution in [0, 0.1) is 11.6 Å². The first-order chi connectivity index (χ1) is 15.5. The fourth-order valence-corrected chi connectivity index (χ4v) is 4.16. The highest BCUT2D eigenvalue weighted by Crippen LogP contribution is 2.45. The number of amides is 2. The molecule has 1 fully saturated rings. The molecule has 0 bridgehead atoms. The predicted molar refractivity (Wildman–Crippen MR) is 116 cm³/mol. The number of carbonyl (C=O) groups is 2. The van der Waals surface area contributed by atoms with Gasteiger partial charge >= 0.3 is 0 Å². The van der Waals surface area contributed by atoms with E-state index in [1.165, 1.54) is 53.4 Å². The Bertz CT molecular complexity index is 1240. The number of carbonyl (C=O) groups excluding carboxylic acids is 2. The van der Waals surface area contributed by atoms with Crippen molar-refractivity contribution in [3.8, 4) is 5.75 Å². The Kier molecular flexibility index (Phi) is 4.74. The van der Waals surface area contributed by atoms with Crippen molar-refractivity contribution in [3.05, 3.63) is 95.6 Å². The van der Waals surface area contributed by atoms with Crippen molar-refractivity contribution >= 4 is 29.3 Å². The van der Waals surface area contributed by atoms with Crippen LogP contribution in [0.2, 0.25) is 0 Å². The Balaban J connectivity index is 1.60. The minimum absolute atomic E-state index is 0.0746. The van der Waals surface area contributed by atoms with E-state index in [1.54, 1.807) is 0 Å². The van der Waals surface area contributed by atoms with Gasteiger partial charge in [0.25, 0.3) is 5.91 Å². The molecule has 5 rings (SSSR count). The van der Waals surface area contributed by atoms with E-state index in [4.69, 9.17) is 4.74 Å². The Labute approximate surface area is 182 Å². The Morgan fingerprint density at radius 3 is 2.28 bits per heavy atom. The Morgan fingerprint density at radius 1 is 0.938 bits per heavy atom. The number of β-lactam (4-membered cyclic amide) rings is 1. The van der Waals surface area contributed by atoms with Crippen LogP contribution in [0.1, 0.15) is 12.0 Å². The molecule has 1 atom stereocenters. The number of para-hydroxylation sites is 1. The van der Waals surface area contributed by atoms with Crippen LogP contribution in [0.15, 0.2) is 78.4 Å². The number of benzene rings is 3. The van der Waals surface area contributed by atoms with Crippen LogP contribution in [-0.4, -0.2) is 24.0 Å². The van der Waals surface area contributed by atoms with Crippen molar-refractivity contribution in [2.24, 2.45) is 0 Å². The molecule has 0 spiro atoms. The summed E-state index contributed by atoms with van der Waals surface area (Å²) in [4.78, 5) is 27.8. The van der Waals surface area contributed by atoms with Crippen LogP contribution in [0.3, 0.4) is 0 Å². The topological polar surface area (TPSA) is 58.6 Å². The lowest BCUT2D eigenvalue weighted by atomic mass is 9.74. The van der Waals surface area contributed by atoms with Gasteiger partial charge in [0, 0.05) is 22.5 Å². The molecular weight excluding hydrogens is 414 g/mol. The molecule has 1 N–H and O–H groups in total.